The van der Waals surface area contributed by atoms with Crippen LogP contribution < -0.4 is 0 Å². The number of ether oxygens (including phenoxy) is 1. The normalized spacial score (nSPS) is 12.0. The van der Waals surface area contributed by atoms with Crippen molar-refractivity contribution in [2.24, 2.45) is 0 Å². The molecule has 0 aromatic heterocycles. The van der Waals surface area contributed by atoms with Gasteiger partial charge in [0.15, 0.2) is 0 Å². The van der Waals surface area contributed by atoms with E-state index in [1.807, 2.05) is 60.7 Å². The summed E-state index contributed by atoms with van der Waals surface area (Å²) in [6.07, 6.45) is 8.88. The summed E-state index contributed by atoms with van der Waals surface area (Å²) in [6.45, 7) is 0. The molecule has 0 saturated carbocycles. The topological polar surface area (TPSA) is 46.5 Å². The lowest BCUT2D eigenvalue weighted by atomic mass is 10.00. The largest absolute Gasteiger partial charge is 0.503 e. The smallest absolute Gasteiger partial charge is 0.339 e. The molecule has 122 valence electrons. The Morgan fingerprint density at radius 2 is 1.58 bits per heavy atom. The quantitative estimate of drug-likeness (QED) is 0.420. The maximum Gasteiger partial charge on any atom is 0.339 e. The van der Waals surface area contributed by atoms with Gasteiger partial charge in [-0.15, -0.1) is 0 Å². The van der Waals surface area contributed by atoms with Gasteiger partial charge in [-0.2, -0.15) is 0 Å². The van der Waals surface area contributed by atoms with Crippen molar-refractivity contribution in [2.45, 2.75) is 0 Å². The number of hydrogen-bond donors (Lipinski definition) is 1. The first-order chi connectivity index (χ1) is 11.6. The molecule has 0 unspecified atom stereocenters. The van der Waals surface area contributed by atoms with E-state index in [2.05, 4.69) is 15.9 Å². The van der Waals surface area contributed by atoms with Gasteiger partial charge in [0, 0.05) is 4.47 Å². The van der Waals surface area contributed by atoms with Crippen LogP contribution in [-0.2, 0) is 9.53 Å². The Balaban J connectivity index is 2.26. The molecule has 2 rings (SSSR count). The fraction of sp³-hybridized carbons (Fsp3) is 0.0500. The number of allylic oxidation sites excluding steroid dienone is 2. The molecule has 3 nitrogen and oxygen atoms in total. The van der Waals surface area contributed by atoms with Crippen LogP contribution in [0.2, 0.25) is 0 Å². The highest BCUT2D eigenvalue weighted by Gasteiger charge is 2.13. The predicted octanol–water partition coefficient (Wildman–Crippen LogP) is 5.25. The van der Waals surface area contributed by atoms with Crippen molar-refractivity contribution in [3.63, 3.8) is 0 Å². The molecule has 24 heavy (non-hydrogen) atoms. The lowest BCUT2D eigenvalue weighted by Gasteiger charge is -2.06. The van der Waals surface area contributed by atoms with Crippen molar-refractivity contribution in [1.29, 1.82) is 0 Å². The van der Waals surface area contributed by atoms with Gasteiger partial charge in [-0.25, -0.2) is 4.79 Å². The van der Waals surface area contributed by atoms with E-state index in [0.29, 0.717) is 5.56 Å². The van der Waals surface area contributed by atoms with E-state index in [1.165, 1.54) is 13.4 Å². The minimum Gasteiger partial charge on any atom is -0.503 e. The number of benzene rings is 2. The Bertz CT molecular complexity index is 804. The van der Waals surface area contributed by atoms with Crippen LogP contribution >= 0.6 is 15.9 Å². The van der Waals surface area contributed by atoms with Crippen LogP contribution in [0.5, 0.6) is 0 Å². The molecule has 4 heteroatoms. The number of halogens is 1. The van der Waals surface area contributed by atoms with E-state index in [9.17, 15) is 9.90 Å². The maximum absolute atomic E-state index is 11.4. The molecule has 1 N–H and O–H groups in total. The second kappa shape index (κ2) is 8.89. The highest BCUT2D eigenvalue weighted by molar-refractivity contribution is 9.10. The molecule has 0 atom stereocenters. The lowest BCUT2D eigenvalue weighted by Crippen LogP contribution is -2.02. The second-order valence-electron chi connectivity index (χ2n) is 4.90. The Hall–Kier alpha value is -2.59. The fourth-order valence-electron chi connectivity index (χ4n) is 2.16. The Labute approximate surface area is 149 Å². The van der Waals surface area contributed by atoms with E-state index in [-0.39, 0.29) is 5.57 Å². The van der Waals surface area contributed by atoms with Gasteiger partial charge in [-0.05, 0) is 22.8 Å². The molecule has 0 aliphatic heterocycles. The van der Waals surface area contributed by atoms with Crippen molar-refractivity contribution in [3.05, 3.63) is 88.1 Å². The molecule has 2 aromatic rings. The third-order valence-corrected chi connectivity index (χ3v) is 4.01. The lowest BCUT2D eigenvalue weighted by molar-refractivity contribution is -0.130. The summed E-state index contributed by atoms with van der Waals surface area (Å²) >= 11 is 3.50. The van der Waals surface area contributed by atoms with Crippen LogP contribution in [0, 0.1) is 0 Å². The first kappa shape index (κ1) is 17.8. The Morgan fingerprint density at radius 3 is 2.21 bits per heavy atom. The number of hydrogen-bond acceptors (Lipinski definition) is 2. The average Bonchev–Trinajstić information content (AvgIpc) is 2.58. The van der Waals surface area contributed by atoms with E-state index < -0.39 is 5.97 Å². The zero-order chi connectivity index (χ0) is 17.4. The maximum atomic E-state index is 11.4. The predicted molar refractivity (Wildman–Crippen MR) is 101 cm³/mol. The van der Waals surface area contributed by atoms with Crippen LogP contribution in [0.3, 0.4) is 0 Å². The van der Waals surface area contributed by atoms with Gasteiger partial charge in [0.1, 0.15) is 5.57 Å². The summed E-state index contributed by atoms with van der Waals surface area (Å²) in [5, 5.41) is 9.34. The van der Waals surface area contributed by atoms with E-state index in [0.717, 1.165) is 15.6 Å². The third-order valence-electron chi connectivity index (χ3n) is 3.28. The van der Waals surface area contributed by atoms with Gasteiger partial charge in [0.25, 0.3) is 0 Å². The van der Waals surface area contributed by atoms with Crippen LogP contribution in [0.4, 0.5) is 0 Å². The SMILES string of the molecule is CO/C=C(/C(=O)O)c1ccccc1C=C/C=C/c1ccccc1Br. The number of rotatable bonds is 6. The highest BCUT2D eigenvalue weighted by Crippen LogP contribution is 2.21. The van der Waals surface area contributed by atoms with E-state index in [1.54, 1.807) is 12.1 Å². The first-order valence-electron chi connectivity index (χ1n) is 7.28. The van der Waals surface area contributed by atoms with Crippen molar-refractivity contribution < 1.29 is 14.6 Å². The molecule has 0 aliphatic rings. The van der Waals surface area contributed by atoms with Crippen molar-refractivity contribution in [1.82, 2.24) is 0 Å². The molecule has 0 saturated heterocycles. The van der Waals surface area contributed by atoms with Gasteiger partial charge in [0.2, 0.25) is 0 Å². The molecule has 2 aromatic carbocycles. The van der Waals surface area contributed by atoms with E-state index in [4.69, 9.17) is 4.74 Å². The van der Waals surface area contributed by atoms with Gasteiger partial charge >= 0.3 is 5.97 Å². The number of carboxylic acids is 1. The standard InChI is InChI=1S/C20H17BrO3/c1-24-14-18(20(22)23)17-12-6-4-9-15(17)8-2-3-10-16-11-5-7-13-19(16)21/h2-14H,1H3,(H,22,23)/b8-2?,10-3+,18-14+. The summed E-state index contributed by atoms with van der Waals surface area (Å²) in [6, 6.07) is 15.2. The van der Waals surface area contributed by atoms with Gasteiger partial charge in [-0.3, -0.25) is 0 Å². The number of aliphatic carboxylic acids is 1. The molecular weight excluding hydrogens is 368 g/mol. The first-order valence-corrected chi connectivity index (χ1v) is 8.07. The summed E-state index contributed by atoms with van der Waals surface area (Å²) in [4.78, 5) is 11.4. The molecule has 0 heterocycles. The molecule has 0 spiro atoms. The van der Waals surface area contributed by atoms with Crippen molar-refractivity contribution in [2.75, 3.05) is 7.11 Å². The van der Waals surface area contributed by atoms with Crippen molar-refractivity contribution in [3.8, 4) is 0 Å². The molecule has 0 radical (unpaired) electrons. The highest BCUT2D eigenvalue weighted by atomic mass is 79.9. The zero-order valence-electron chi connectivity index (χ0n) is 13.1. The molecule has 0 bridgehead atoms. The Kier molecular flexibility index (Phi) is 6.58. The van der Waals surface area contributed by atoms with Gasteiger partial charge in [0.05, 0.1) is 13.4 Å². The van der Waals surface area contributed by atoms with Gasteiger partial charge < -0.3 is 9.84 Å². The van der Waals surface area contributed by atoms with Crippen LogP contribution in [0.1, 0.15) is 16.7 Å². The van der Waals surface area contributed by atoms with Crippen molar-refractivity contribution >= 4 is 39.6 Å². The average molecular weight is 385 g/mol. The number of methoxy groups -OCH3 is 1. The van der Waals surface area contributed by atoms with Crippen LogP contribution in [0.25, 0.3) is 17.7 Å². The van der Waals surface area contributed by atoms with E-state index >= 15 is 0 Å². The summed E-state index contributed by atoms with van der Waals surface area (Å²) in [5.41, 5.74) is 2.60. The molecular formula is C20H17BrO3. The summed E-state index contributed by atoms with van der Waals surface area (Å²) < 4.78 is 5.90. The number of carbonyl (C=O) groups is 1. The molecule has 0 aliphatic carbocycles. The van der Waals surface area contributed by atoms with Crippen LogP contribution in [0.15, 0.2) is 71.4 Å². The van der Waals surface area contributed by atoms with Gasteiger partial charge in [-0.1, -0.05) is 82.7 Å². The summed E-state index contributed by atoms with van der Waals surface area (Å²) in [7, 11) is 1.43. The zero-order valence-corrected chi connectivity index (χ0v) is 14.7. The molecule has 0 amide bonds. The minimum absolute atomic E-state index is 0.118. The number of carboxylic acid groups (broad SMARTS) is 1. The fourth-order valence-corrected chi connectivity index (χ4v) is 2.58. The second-order valence-corrected chi connectivity index (χ2v) is 5.75. The summed E-state index contributed by atoms with van der Waals surface area (Å²) in [5.74, 6) is -1.03. The monoisotopic (exact) mass is 384 g/mol. The Morgan fingerprint density at radius 1 is 1.00 bits per heavy atom. The minimum atomic E-state index is -1.03. The van der Waals surface area contributed by atoms with Crippen LogP contribution in [-0.4, -0.2) is 18.2 Å². The third kappa shape index (κ3) is 4.70. The molecule has 0 fully saturated rings.